The van der Waals surface area contributed by atoms with Crippen LogP contribution in [-0.2, 0) is 4.79 Å². The van der Waals surface area contributed by atoms with Crippen LogP contribution in [0.25, 0.3) is 0 Å². The third-order valence-electron chi connectivity index (χ3n) is 6.08. The van der Waals surface area contributed by atoms with Gasteiger partial charge < -0.3 is 15.0 Å². The number of para-hydroxylation sites is 1. The number of hydrogen-bond acceptors (Lipinski definition) is 3. The van der Waals surface area contributed by atoms with Crippen molar-refractivity contribution in [3.05, 3.63) is 101 Å². The van der Waals surface area contributed by atoms with Gasteiger partial charge in [0.05, 0.1) is 17.6 Å². The molecule has 1 fully saturated rings. The molecule has 0 saturated carbocycles. The van der Waals surface area contributed by atoms with E-state index in [4.69, 9.17) is 16.3 Å². The number of carbonyl (C=O) groups excluding carboxylic acids is 1. The van der Waals surface area contributed by atoms with E-state index in [2.05, 4.69) is 5.32 Å². The van der Waals surface area contributed by atoms with Crippen molar-refractivity contribution in [2.75, 3.05) is 26.2 Å². The topological polar surface area (TPSA) is 41.6 Å². The van der Waals surface area contributed by atoms with Crippen molar-refractivity contribution >= 4 is 17.5 Å². The fraction of sp³-hybridized carbons (Fsp3) is 0.296. The summed E-state index contributed by atoms with van der Waals surface area (Å²) in [5, 5.41) is 3.78. The number of ether oxygens (including phenoxy) is 1. The Labute approximate surface area is 203 Å². The van der Waals surface area contributed by atoms with Crippen LogP contribution in [0.3, 0.4) is 0 Å². The quantitative estimate of drug-likeness (QED) is 0.451. The molecule has 3 aromatic carbocycles. The minimum atomic E-state index is -0.515. The highest BCUT2D eigenvalue weighted by molar-refractivity contribution is 6.32. The van der Waals surface area contributed by atoms with E-state index in [0.29, 0.717) is 10.8 Å². The first-order valence-corrected chi connectivity index (χ1v) is 11.8. The molecule has 1 aliphatic heterocycles. The van der Waals surface area contributed by atoms with E-state index in [1.165, 1.54) is 24.3 Å². The molecule has 0 spiro atoms. The third-order valence-corrected chi connectivity index (χ3v) is 6.39. The molecule has 178 valence electrons. The standard InChI is InChI=1S/C27H27ClF2N2O2/c28-24-3-1-2-4-25(24)34-18-17-32(27(33)21-13-15-31-16-14-21)26(19-5-9-22(29)10-6-19)20-7-11-23(30)12-8-20/h1-12,21,26,31H,13-18H2. The maximum atomic E-state index is 13.8. The van der Waals surface area contributed by atoms with Gasteiger partial charge in [0.25, 0.3) is 0 Å². The lowest BCUT2D eigenvalue weighted by atomic mass is 9.92. The van der Waals surface area contributed by atoms with Crippen LogP contribution in [0.1, 0.15) is 30.0 Å². The minimum Gasteiger partial charge on any atom is -0.490 e. The Morgan fingerprint density at radius 1 is 0.941 bits per heavy atom. The normalized spacial score (nSPS) is 14.2. The van der Waals surface area contributed by atoms with Gasteiger partial charge in [0.15, 0.2) is 0 Å². The molecule has 0 atom stereocenters. The minimum absolute atomic E-state index is 0.00269. The molecule has 3 aromatic rings. The smallest absolute Gasteiger partial charge is 0.226 e. The fourth-order valence-corrected chi connectivity index (χ4v) is 4.52. The van der Waals surface area contributed by atoms with Crippen molar-refractivity contribution in [2.45, 2.75) is 18.9 Å². The summed E-state index contributed by atoms with van der Waals surface area (Å²) in [5.74, 6) is -0.314. The molecule has 1 heterocycles. The summed E-state index contributed by atoms with van der Waals surface area (Å²) in [7, 11) is 0. The molecule has 4 rings (SSSR count). The van der Waals surface area contributed by atoms with Crippen molar-refractivity contribution in [1.29, 1.82) is 0 Å². The number of nitrogens with one attached hydrogen (secondary N) is 1. The maximum absolute atomic E-state index is 13.8. The molecule has 0 aliphatic carbocycles. The molecular weight excluding hydrogens is 458 g/mol. The van der Waals surface area contributed by atoms with Crippen LogP contribution in [0.5, 0.6) is 5.75 Å². The lowest BCUT2D eigenvalue weighted by Gasteiger charge is -2.36. The number of carbonyl (C=O) groups is 1. The van der Waals surface area contributed by atoms with Gasteiger partial charge in [0.2, 0.25) is 5.91 Å². The molecule has 1 saturated heterocycles. The Balaban J connectivity index is 1.67. The molecule has 0 aromatic heterocycles. The first-order valence-electron chi connectivity index (χ1n) is 11.4. The summed E-state index contributed by atoms with van der Waals surface area (Å²) in [5.41, 5.74) is 1.49. The zero-order valence-electron chi connectivity index (χ0n) is 18.7. The van der Waals surface area contributed by atoms with Crippen molar-refractivity contribution in [3.8, 4) is 5.75 Å². The summed E-state index contributed by atoms with van der Waals surface area (Å²) in [6.45, 7) is 2.06. The second-order valence-electron chi connectivity index (χ2n) is 8.34. The van der Waals surface area contributed by atoms with Crippen LogP contribution in [0.15, 0.2) is 72.8 Å². The molecule has 7 heteroatoms. The largest absolute Gasteiger partial charge is 0.490 e. The second kappa shape index (κ2) is 11.4. The SMILES string of the molecule is O=C(C1CCNCC1)N(CCOc1ccccc1Cl)C(c1ccc(F)cc1)c1ccc(F)cc1. The van der Waals surface area contributed by atoms with Gasteiger partial charge in [-0.25, -0.2) is 8.78 Å². The van der Waals surface area contributed by atoms with Crippen LogP contribution in [-0.4, -0.2) is 37.0 Å². The molecular formula is C27H27ClF2N2O2. The molecule has 34 heavy (non-hydrogen) atoms. The van der Waals surface area contributed by atoms with E-state index in [0.717, 1.165) is 37.1 Å². The van der Waals surface area contributed by atoms with E-state index in [9.17, 15) is 13.6 Å². The first-order chi connectivity index (χ1) is 16.5. The Morgan fingerprint density at radius 3 is 2.06 bits per heavy atom. The maximum Gasteiger partial charge on any atom is 0.226 e. The molecule has 1 N–H and O–H groups in total. The molecule has 0 unspecified atom stereocenters. The zero-order valence-corrected chi connectivity index (χ0v) is 19.5. The number of rotatable bonds is 8. The van der Waals surface area contributed by atoms with Crippen LogP contribution in [0, 0.1) is 17.6 Å². The van der Waals surface area contributed by atoms with Gasteiger partial charge in [-0.1, -0.05) is 48.0 Å². The van der Waals surface area contributed by atoms with Gasteiger partial charge in [0.1, 0.15) is 24.0 Å². The number of piperidine rings is 1. The molecule has 4 nitrogen and oxygen atoms in total. The Kier molecular flexibility index (Phi) is 8.14. The van der Waals surface area contributed by atoms with E-state index in [1.54, 1.807) is 41.3 Å². The monoisotopic (exact) mass is 484 g/mol. The number of hydrogen-bond donors (Lipinski definition) is 1. The third kappa shape index (κ3) is 5.93. The van der Waals surface area contributed by atoms with E-state index >= 15 is 0 Å². The van der Waals surface area contributed by atoms with Gasteiger partial charge in [-0.2, -0.15) is 0 Å². The van der Waals surface area contributed by atoms with Crippen molar-refractivity contribution in [2.24, 2.45) is 5.92 Å². The number of amides is 1. The lowest BCUT2D eigenvalue weighted by Crippen LogP contribution is -2.44. The van der Waals surface area contributed by atoms with E-state index in [1.807, 2.05) is 12.1 Å². The van der Waals surface area contributed by atoms with Gasteiger partial charge in [-0.05, 0) is 73.5 Å². The average molecular weight is 485 g/mol. The van der Waals surface area contributed by atoms with Gasteiger partial charge in [-0.15, -0.1) is 0 Å². The predicted octanol–water partition coefficient (Wildman–Crippen LogP) is 5.61. The summed E-state index contributed by atoms with van der Waals surface area (Å²) >= 11 is 6.22. The second-order valence-corrected chi connectivity index (χ2v) is 8.75. The summed E-state index contributed by atoms with van der Waals surface area (Å²) in [6, 6.07) is 18.8. The molecule has 0 bridgehead atoms. The molecule has 1 amide bonds. The predicted molar refractivity (Wildman–Crippen MR) is 129 cm³/mol. The Morgan fingerprint density at radius 2 is 1.50 bits per heavy atom. The highest BCUT2D eigenvalue weighted by Crippen LogP contribution is 2.32. The summed E-state index contributed by atoms with van der Waals surface area (Å²) < 4.78 is 33.3. The first kappa shape index (κ1) is 24.2. The fourth-order valence-electron chi connectivity index (χ4n) is 4.33. The highest BCUT2D eigenvalue weighted by atomic mass is 35.5. The zero-order chi connectivity index (χ0) is 23.9. The van der Waals surface area contributed by atoms with Crippen LogP contribution in [0.2, 0.25) is 5.02 Å². The van der Waals surface area contributed by atoms with E-state index < -0.39 is 6.04 Å². The van der Waals surface area contributed by atoms with Crippen molar-refractivity contribution in [1.82, 2.24) is 10.2 Å². The number of nitrogens with zero attached hydrogens (tertiary/aromatic N) is 1. The number of benzene rings is 3. The van der Waals surface area contributed by atoms with Crippen molar-refractivity contribution < 1.29 is 18.3 Å². The number of halogens is 3. The lowest BCUT2D eigenvalue weighted by molar-refractivity contribution is -0.138. The van der Waals surface area contributed by atoms with Gasteiger partial charge in [-0.3, -0.25) is 4.79 Å². The Bertz CT molecular complexity index is 1040. The van der Waals surface area contributed by atoms with Crippen molar-refractivity contribution in [3.63, 3.8) is 0 Å². The van der Waals surface area contributed by atoms with Gasteiger partial charge >= 0.3 is 0 Å². The van der Waals surface area contributed by atoms with Gasteiger partial charge in [0, 0.05) is 5.92 Å². The molecule has 0 radical (unpaired) electrons. The molecule has 1 aliphatic rings. The Hall–Kier alpha value is -2.96. The van der Waals surface area contributed by atoms with Crippen LogP contribution < -0.4 is 10.1 Å². The van der Waals surface area contributed by atoms with Crippen LogP contribution >= 0.6 is 11.6 Å². The van der Waals surface area contributed by atoms with E-state index in [-0.39, 0.29) is 36.6 Å². The highest BCUT2D eigenvalue weighted by Gasteiger charge is 2.32. The average Bonchev–Trinajstić information content (AvgIpc) is 2.86. The summed E-state index contributed by atoms with van der Waals surface area (Å²) in [6.07, 6.45) is 1.47. The summed E-state index contributed by atoms with van der Waals surface area (Å²) in [4.78, 5) is 15.6. The van der Waals surface area contributed by atoms with Crippen LogP contribution in [0.4, 0.5) is 8.78 Å².